The Kier molecular flexibility index (Phi) is 4.75. The lowest BCUT2D eigenvalue weighted by molar-refractivity contribution is -0.142. The second-order valence-electron chi connectivity index (χ2n) is 5.78. The van der Waals surface area contributed by atoms with E-state index in [9.17, 15) is 9.59 Å². The quantitative estimate of drug-likeness (QED) is 0.736. The number of amides is 1. The van der Waals surface area contributed by atoms with Gasteiger partial charge in [-0.1, -0.05) is 36.4 Å². The van der Waals surface area contributed by atoms with Crippen LogP contribution in [0.15, 0.2) is 54.6 Å². The van der Waals surface area contributed by atoms with Gasteiger partial charge in [-0.15, -0.1) is 0 Å². The Bertz CT molecular complexity index is 951. The number of ether oxygens (including phenoxy) is 1. The summed E-state index contributed by atoms with van der Waals surface area (Å²) in [6.45, 7) is 3.39. The highest BCUT2D eigenvalue weighted by molar-refractivity contribution is 6.04. The van der Waals surface area contributed by atoms with E-state index in [2.05, 4.69) is 10.3 Å². The summed E-state index contributed by atoms with van der Waals surface area (Å²) in [5.41, 5.74) is 3.43. The highest BCUT2D eigenvalue weighted by atomic mass is 16.5. The second-order valence-corrected chi connectivity index (χ2v) is 5.78. The number of anilines is 1. The van der Waals surface area contributed by atoms with E-state index in [4.69, 9.17) is 4.74 Å². The van der Waals surface area contributed by atoms with Crippen LogP contribution in [0.1, 0.15) is 28.5 Å². The molecule has 25 heavy (non-hydrogen) atoms. The Hall–Kier alpha value is -3.21. The van der Waals surface area contributed by atoms with Gasteiger partial charge in [-0.05, 0) is 30.7 Å². The zero-order valence-corrected chi connectivity index (χ0v) is 14.1. The fourth-order valence-corrected chi connectivity index (χ4v) is 2.49. The molecule has 0 saturated carbocycles. The van der Waals surface area contributed by atoms with Crippen LogP contribution in [0.4, 0.5) is 5.69 Å². The van der Waals surface area contributed by atoms with Crippen molar-refractivity contribution in [3.8, 4) is 0 Å². The molecule has 0 radical (unpaired) electrons. The topological polar surface area (TPSA) is 68.3 Å². The summed E-state index contributed by atoms with van der Waals surface area (Å²) in [6, 6.07) is 16.8. The van der Waals surface area contributed by atoms with Crippen LogP contribution < -0.4 is 5.32 Å². The number of carbonyl (C=O) groups is 2. The van der Waals surface area contributed by atoms with Gasteiger partial charge in [0.05, 0.1) is 5.52 Å². The number of para-hydroxylation sites is 1. The Morgan fingerprint density at radius 1 is 1.08 bits per heavy atom. The maximum atomic E-state index is 12.6. The van der Waals surface area contributed by atoms with Gasteiger partial charge in [0, 0.05) is 23.6 Å². The predicted octanol–water partition coefficient (Wildman–Crippen LogP) is 3.86. The van der Waals surface area contributed by atoms with E-state index in [1.165, 1.54) is 6.92 Å². The molecule has 5 heteroatoms. The smallest absolute Gasteiger partial charge is 0.302 e. The van der Waals surface area contributed by atoms with Crippen LogP contribution in [-0.2, 0) is 16.1 Å². The molecule has 0 saturated heterocycles. The number of benzene rings is 2. The highest BCUT2D eigenvalue weighted by Crippen LogP contribution is 2.20. The standard InChI is InChI=1S/C20H18N2O3/c1-13-7-8-16(12-25-14(2)23)19(11-13)22-20(24)18-10-9-15-5-3-4-6-17(15)21-18/h3-11H,12H2,1-2H3,(H,22,24). The first-order chi connectivity index (χ1) is 12.0. The molecular weight excluding hydrogens is 316 g/mol. The first-order valence-electron chi connectivity index (χ1n) is 7.93. The van der Waals surface area contributed by atoms with Gasteiger partial charge in [-0.3, -0.25) is 9.59 Å². The summed E-state index contributed by atoms with van der Waals surface area (Å²) in [7, 11) is 0. The van der Waals surface area contributed by atoms with Gasteiger partial charge in [-0.2, -0.15) is 0 Å². The number of nitrogens with one attached hydrogen (secondary N) is 1. The van der Waals surface area contributed by atoms with Crippen LogP contribution in [0.2, 0.25) is 0 Å². The lowest BCUT2D eigenvalue weighted by atomic mass is 10.1. The number of fused-ring (bicyclic) bond motifs is 1. The molecule has 0 aliphatic heterocycles. The Morgan fingerprint density at radius 3 is 2.68 bits per heavy atom. The highest BCUT2D eigenvalue weighted by Gasteiger charge is 2.12. The first-order valence-corrected chi connectivity index (χ1v) is 7.93. The van der Waals surface area contributed by atoms with Gasteiger partial charge in [0.1, 0.15) is 12.3 Å². The third-order valence-corrected chi connectivity index (χ3v) is 3.78. The normalized spacial score (nSPS) is 10.5. The van der Waals surface area contributed by atoms with Crippen LogP contribution in [0.5, 0.6) is 0 Å². The summed E-state index contributed by atoms with van der Waals surface area (Å²) in [5.74, 6) is -0.672. The minimum atomic E-state index is -0.367. The molecule has 5 nitrogen and oxygen atoms in total. The summed E-state index contributed by atoms with van der Waals surface area (Å²) >= 11 is 0. The minimum Gasteiger partial charge on any atom is -0.461 e. The molecule has 0 aliphatic rings. The van der Waals surface area contributed by atoms with Crippen molar-refractivity contribution in [2.24, 2.45) is 0 Å². The van der Waals surface area contributed by atoms with E-state index in [-0.39, 0.29) is 18.5 Å². The largest absolute Gasteiger partial charge is 0.461 e. The molecule has 126 valence electrons. The fraction of sp³-hybridized carbons (Fsp3) is 0.150. The van der Waals surface area contributed by atoms with Gasteiger partial charge in [-0.25, -0.2) is 4.98 Å². The molecule has 0 unspecified atom stereocenters. The van der Waals surface area contributed by atoms with Gasteiger partial charge in [0.2, 0.25) is 0 Å². The van der Waals surface area contributed by atoms with Crippen LogP contribution in [0.25, 0.3) is 10.9 Å². The average molecular weight is 334 g/mol. The van der Waals surface area contributed by atoms with Crippen molar-refractivity contribution in [3.05, 3.63) is 71.4 Å². The van der Waals surface area contributed by atoms with Crippen molar-refractivity contribution in [1.82, 2.24) is 4.98 Å². The maximum Gasteiger partial charge on any atom is 0.302 e. The average Bonchev–Trinajstić information content (AvgIpc) is 2.60. The zero-order chi connectivity index (χ0) is 17.8. The van der Waals surface area contributed by atoms with Crippen LogP contribution in [0.3, 0.4) is 0 Å². The molecule has 1 N–H and O–H groups in total. The number of pyridine rings is 1. The molecule has 2 aromatic carbocycles. The predicted molar refractivity (Wildman–Crippen MR) is 96.3 cm³/mol. The van der Waals surface area contributed by atoms with E-state index < -0.39 is 0 Å². The number of rotatable bonds is 4. The molecule has 0 atom stereocenters. The van der Waals surface area contributed by atoms with Gasteiger partial charge < -0.3 is 10.1 Å². The Balaban J connectivity index is 1.86. The number of aromatic nitrogens is 1. The van der Waals surface area contributed by atoms with Crippen molar-refractivity contribution in [2.75, 3.05) is 5.32 Å². The Labute approximate surface area is 145 Å². The molecular formula is C20H18N2O3. The van der Waals surface area contributed by atoms with Crippen LogP contribution in [-0.4, -0.2) is 16.9 Å². The minimum absolute atomic E-state index is 0.108. The van der Waals surface area contributed by atoms with Gasteiger partial charge in [0.25, 0.3) is 5.91 Å². The molecule has 1 heterocycles. The third kappa shape index (κ3) is 4.01. The lowest BCUT2D eigenvalue weighted by Gasteiger charge is -2.12. The van der Waals surface area contributed by atoms with Gasteiger partial charge >= 0.3 is 5.97 Å². The first kappa shape index (κ1) is 16.6. The van der Waals surface area contributed by atoms with E-state index in [0.29, 0.717) is 11.4 Å². The summed E-state index contributed by atoms with van der Waals surface area (Å²) in [6.07, 6.45) is 0. The van der Waals surface area contributed by atoms with Crippen LogP contribution >= 0.6 is 0 Å². The van der Waals surface area contributed by atoms with Crippen molar-refractivity contribution < 1.29 is 14.3 Å². The van der Waals surface area contributed by atoms with E-state index in [0.717, 1.165) is 22.0 Å². The summed E-state index contributed by atoms with van der Waals surface area (Å²) in [5, 5.41) is 3.84. The number of hydrogen-bond acceptors (Lipinski definition) is 4. The summed E-state index contributed by atoms with van der Waals surface area (Å²) in [4.78, 5) is 28.0. The lowest BCUT2D eigenvalue weighted by Crippen LogP contribution is -2.15. The molecule has 3 rings (SSSR count). The van der Waals surface area contributed by atoms with Crippen molar-refractivity contribution >= 4 is 28.5 Å². The van der Waals surface area contributed by atoms with Gasteiger partial charge in [0.15, 0.2) is 0 Å². The molecule has 0 aliphatic carbocycles. The Morgan fingerprint density at radius 2 is 1.88 bits per heavy atom. The molecule has 0 fully saturated rings. The second kappa shape index (κ2) is 7.13. The van der Waals surface area contributed by atoms with Crippen LogP contribution in [0, 0.1) is 6.92 Å². The van der Waals surface area contributed by atoms with E-state index >= 15 is 0 Å². The SMILES string of the molecule is CC(=O)OCc1ccc(C)cc1NC(=O)c1ccc2ccccc2n1. The number of nitrogens with zero attached hydrogens (tertiary/aromatic N) is 1. The monoisotopic (exact) mass is 334 g/mol. The molecule has 1 amide bonds. The maximum absolute atomic E-state index is 12.6. The van der Waals surface area contributed by atoms with E-state index in [1.54, 1.807) is 6.07 Å². The molecule has 1 aromatic heterocycles. The molecule has 0 spiro atoms. The fourth-order valence-electron chi connectivity index (χ4n) is 2.49. The van der Waals surface area contributed by atoms with Crippen molar-refractivity contribution in [1.29, 1.82) is 0 Å². The third-order valence-electron chi connectivity index (χ3n) is 3.78. The number of esters is 1. The zero-order valence-electron chi connectivity index (χ0n) is 14.1. The number of hydrogen-bond donors (Lipinski definition) is 1. The van der Waals surface area contributed by atoms with Crippen molar-refractivity contribution in [2.45, 2.75) is 20.5 Å². The number of carbonyl (C=O) groups excluding carboxylic acids is 2. The molecule has 3 aromatic rings. The van der Waals surface area contributed by atoms with E-state index in [1.807, 2.05) is 55.5 Å². The number of aryl methyl sites for hydroxylation is 1. The molecule has 0 bridgehead atoms. The summed E-state index contributed by atoms with van der Waals surface area (Å²) < 4.78 is 5.05. The van der Waals surface area contributed by atoms with Crippen molar-refractivity contribution in [3.63, 3.8) is 0 Å².